The summed E-state index contributed by atoms with van der Waals surface area (Å²) < 4.78 is 1.85. The minimum absolute atomic E-state index is 0. The average Bonchev–Trinajstić information content (AvgIpc) is 3.04. The van der Waals surface area contributed by atoms with Crippen LogP contribution in [0, 0.1) is 10.1 Å². The van der Waals surface area contributed by atoms with Crippen molar-refractivity contribution in [3.05, 3.63) is 51.8 Å². The van der Waals surface area contributed by atoms with Crippen molar-refractivity contribution in [1.82, 2.24) is 20.0 Å². The highest BCUT2D eigenvalue weighted by molar-refractivity contribution is 14.0. The molecule has 166 valence electrons. The monoisotopic (exact) mass is 529 g/mol. The van der Waals surface area contributed by atoms with Gasteiger partial charge in [0.15, 0.2) is 5.96 Å². The van der Waals surface area contributed by atoms with Gasteiger partial charge in [0.25, 0.3) is 5.69 Å². The first-order valence-electron chi connectivity index (χ1n) is 9.82. The molecular weight excluding hydrogens is 497 g/mol. The normalized spacial score (nSPS) is 11.2. The molecular formula is C20H32IN7O2. The Hall–Kier alpha value is -2.37. The van der Waals surface area contributed by atoms with Crippen molar-refractivity contribution in [2.45, 2.75) is 33.2 Å². The standard InChI is InChI=1S/C20H31N7O2.HI/c1-6-21-20(25(4)13-16-14-26(5)24-19(16)15(2)3)23-12-11-22-17-9-7-8-10-18(17)27(28)29;/h7-10,14-15,22H,6,11-13H2,1-5H3,(H,21,23);1H. The van der Waals surface area contributed by atoms with E-state index < -0.39 is 0 Å². The zero-order valence-electron chi connectivity index (χ0n) is 18.3. The van der Waals surface area contributed by atoms with Crippen molar-refractivity contribution in [3.8, 4) is 0 Å². The molecule has 0 saturated carbocycles. The molecule has 0 amide bonds. The van der Waals surface area contributed by atoms with Crippen molar-refractivity contribution < 1.29 is 4.92 Å². The number of nitro benzene ring substituents is 1. The Bertz CT molecular complexity index is 851. The molecule has 0 aliphatic carbocycles. The van der Waals surface area contributed by atoms with Crippen LogP contribution in [0.1, 0.15) is 37.9 Å². The van der Waals surface area contributed by atoms with Gasteiger partial charge in [-0.25, -0.2) is 0 Å². The van der Waals surface area contributed by atoms with Crippen LogP contribution < -0.4 is 10.6 Å². The van der Waals surface area contributed by atoms with Crippen LogP contribution in [0.3, 0.4) is 0 Å². The lowest BCUT2D eigenvalue weighted by atomic mass is 10.1. The molecule has 0 spiro atoms. The molecule has 0 saturated heterocycles. The molecule has 9 nitrogen and oxygen atoms in total. The Kier molecular flexibility index (Phi) is 10.6. The zero-order chi connectivity index (χ0) is 21.4. The number of halogens is 1. The Balaban J connectivity index is 0.00000450. The maximum absolute atomic E-state index is 11.1. The largest absolute Gasteiger partial charge is 0.378 e. The molecule has 0 fully saturated rings. The van der Waals surface area contributed by atoms with E-state index in [2.05, 4.69) is 39.5 Å². The van der Waals surface area contributed by atoms with E-state index in [-0.39, 0.29) is 34.6 Å². The van der Waals surface area contributed by atoms with Gasteiger partial charge in [-0.15, -0.1) is 24.0 Å². The molecule has 0 atom stereocenters. The smallest absolute Gasteiger partial charge is 0.292 e. The number of nitrogens with one attached hydrogen (secondary N) is 2. The third-order valence-corrected chi connectivity index (χ3v) is 4.38. The minimum Gasteiger partial charge on any atom is -0.378 e. The molecule has 1 heterocycles. The van der Waals surface area contributed by atoms with Crippen molar-refractivity contribution in [2.75, 3.05) is 32.0 Å². The second-order valence-corrected chi connectivity index (χ2v) is 7.16. The number of aryl methyl sites for hydroxylation is 1. The first-order valence-corrected chi connectivity index (χ1v) is 9.82. The van der Waals surface area contributed by atoms with Crippen LogP contribution in [-0.4, -0.2) is 52.2 Å². The van der Waals surface area contributed by atoms with Gasteiger partial charge in [0, 0.05) is 51.6 Å². The number of nitro groups is 1. The van der Waals surface area contributed by atoms with Crippen molar-refractivity contribution >= 4 is 41.3 Å². The van der Waals surface area contributed by atoms with E-state index in [1.165, 1.54) is 11.6 Å². The highest BCUT2D eigenvalue weighted by Gasteiger charge is 2.15. The Morgan fingerprint density at radius 3 is 2.70 bits per heavy atom. The van der Waals surface area contributed by atoms with Gasteiger partial charge in [0.2, 0.25) is 0 Å². The number of hydrogen-bond acceptors (Lipinski definition) is 5. The summed E-state index contributed by atoms with van der Waals surface area (Å²) in [6.07, 6.45) is 2.05. The molecule has 10 heteroatoms. The van der Waals surface area contributed by atoms with Crippen LogP contribution in [0.15, 0.2) is 35.5 Å². The highest BCUT2D eigenvalue weighted by atomic mass is 127. The third kappa shape index (κ3) is 7.15. The summed E-state index contributed by atoms with van der Waals surface area (Å²) in [5.41, 5.74) is 2.84. The van der Waals surface area contributed by atoms with Crippen LogP contribution in [-0.2, 0) is 13.6 Å². The first kappa shape index (κ1) is 25.7. The number of nitrogens with zero attached hydrogens (tertiary/aromatic N) is 5. The zero-order valence-corrected chi connectivity index (χ0v) is 20.6. The summed E-state index contributed by atoms with van der Waals surface area (Å²) in [5.74, 6) is 1.14. The molecule has 0 unspecified atom stereocenters. The topological polar surface area (TPSA) is 101 Å². The SMILES string of the molecule is CCNC(=NCCNc1ccccc1[N+](=O)[O-])N(C)Cc1cn(C)nc1C(C)C.I. The van der Waals surface area contributed by atoms with Crippen molar-refractivity contribution in [2.24, 2.45) is 12.0 Å². The second-order valence-electron chi connectivity index (χ2n) is 7.16. The van der Waals surface area contributed by atoms with E-state index in [4.69, 9.17) is 0 Å². The van der Waals surface area contributed by atoms with E-state index in [0.717, 1.165) is 18.2 Å². The number of benzene rings is 1. The molecule has 0 aliphatic heterocycles. The number of hydrogen-bond donors (Lipinski definition) is 2. The predicted molar refractivity (Wildman–Crippen MR) is 132 cm³/mol. The van der Waals surface area contributed by atoms with Gasteiger partial charge in [0.1, 0.15) is 5.69 Å². The molecule has 30 heavy (non-hydrogen) atoms. The van der Waals surface area contributed by atoms with Crippen LogP contribution in [0.4, 0.5) is 11.4 Å². The summed E-state index contributed by atoms with van der Waals surface area (Å²) in [6, 6.07) is 6.62. The van der Waals surface area contributed by atoms with E-state index in [1.54, 1.807) is 18.2 Å². The lowest BCUT2D eigenvalue weighted by Crippen LogP contribution is -2.39. The first-order chi connectivity index (χ1) is 13.8. The van der Waals surface area contributed by atoms with Gasteiger partial charge in [-0.2, -0.15) is 5.10 Å². The lowest BCUT2D eigenvalue weighted by molar-refractivity contribution is -0.384. The minimum atomic E-state index is -0.385. The van der Waals surface area contributed by atoms with E-state index in [0.29, 0.717) is 31.2 Å². The maximum atomic E-state index is 11.1. The number of anilines is 1. The number of guanidine groups is 1. The number of rotatable bonds is 9. The second kappa shape index (κ2) is 12.4. The Morgan fingerprint density at radius 2 is 2.07 bits per heavy atom. The molecule has 1 aromatic heterocycles. The van der Waals surface area contributed by atoms with Gasteiger partial charge in [-0.3, -0.25) is 19.8 Å². The molecule has 0 radical (unpaired) electrons. The van der Waals surface area contributed by atoms with Gasteiger partial charge in [0.05, 0.1) is 17.2 Å². The van der Waals surface area contributed by atoms with Gasteiger partial charge in [-0.1, -0.05) is 26.0 Å². The quantitative estimate of drug-likeness (QED) is 0.129. The van der Waals surface area contributed by atoms with Crippen LogP contribution in [0.5, 0.6) is 0 Å². The third-order valence-electron chi connectivity index (χ3n) is 4.38. The summed E-state index contributed by atoms with van der Waals surface area (Å²) in [7, 11) is 3.93. The fourth-order valence-corrected chi connectivity index (χ4v) is 3.10. The van der Waals surface area contributed by atoms with Gasteiger partial charge < -0.3 is 15.5 Å². The van der Waals surface area contributed by atoms with E-state index in [9.17, 15) is 10.1 Å². The summed E-state index contributed by atoms with van der Waals surface area (Å²) >= 11 is 0. The fraction of sp³-hybridized carbons (Fsp3) is 0.500. The fourth-order valence-electron chi connectivity index (χ4n) is 3.10. The van der Waals surface area contributed by atoms with Crippen LogP contribution in [0.25, 0.3) is 0 Å². The summed E-state index contributed by atoms with van der Waals surface area (Å²) in [6.45, 7) is 8.74. The lowest BCUT2D eigenvalue weighted by Gasteiger charge is -2.22. The Morgan fingerprint density at radius 1 is 1.37 bits per heavy atom. The molecule has 1 aromatic carbocycles. The predicted octanol–water partition coefficient (Wildman–Crippen LogP) is 3.58. The Labute approximate surface area is 195 Å². The maximum Gasteiger partial charge on any atom is 0.292 e. The summed E-state index contributed by atoms with van der Waals surface area (Å²) in [5, 5.41) is 22.1. The van der Waals surface area contributed by atoms with Crippen molar-refractivity contribution in [3.63, 3.8) is 0 Å². The molecule has 2 rings (SSSR count). The van der Waals surface area contributed by atoms with E-state index in [1.807, 2.05) is 31.9 Å². The van der Waals surface area contributed by atoms with Gasteiger partial charge >= 0.3 is 0 Å². The number of aromatic nitrogens is 2. The molecule has 0 aliphatic rings. The van der Waals surface area contributed by atoms with Crippen LogP contribution in [0.2, 0.25) is 0 Å². The average molecular weight is 529 g/mol. The highest BCUT2D eigenvalue weighted by Crippen LogP contribution is 2.22. The molecule has 2 N–H and O–H groups in total. The van der Waals surface area contributed by atoms with Crippen LogP contribution >= 0.6 is 24.0 Å². The molecule has 2 aromatic rings. The summed E-state index contributed by atoms with van der Waals surface area (Å²) in [4.78, 5) is 17.4. The van der Waals surface area contributed by atoms with Crippen molar-refractivity contribution in [1.29, 1.82) is 0 Å². The number of para-hydroxylation sites is 2. The van der Waals surface area contributed by atoms with E-state index >= 15 is 0 Å². The van der Waals surface area contributed by atoms with Gasteiger partial charge in [-0.05, 0) is 18.9 Å². The number of aliphatic imine (C=N–C) groups is 1. The molecule has 0 bridgehead atoms.